The van der Waals surface area contributed by atoms with Crippen molar-refractivity contribution in [1.29, 1.82) is 0 Å². The molecule has 0 spiro atoms. The molecule has 1 aliphatic heterocycles. The maximum absolute atomic E-state index is 2.50. The van der Waals surface area contributed by atoms with E-state index in [9.17, 15) is 0 Å². The Bertz CT molecular complexity index is 2030. The maximum Gasteiger partial charge on any atom is 0.0630 e. The summed E-state index contributed by atoms with van der Waals surface area (Å²) in [7, 11) is -1.18. The zero-order chi connectivity index (χ0) is 25.4. The lowest BCUT2D eigenvalue weighted by atomic mass is 9.99. The Labute approximate surface area is 224 Å². The Hall–Kier alpha value is -4.27. The lowest BCUT2D eigenvalue weighted by Crippen LogP contribution is -1.98. The number of rotatable bonds is 2. The van der Waals surface area contributed by atoms with E-state index in [2.05, 4.69) is 144 Å². The van der Waals surface area contributed by atoms with Crippen LogP contribution >= 0.6 is 10.0 Å². The zero-order valence-corrected chi connectivity index (χ0v) is 22.3. The van der Waals surface area contributed by atoms with Gasteiger partial charge in [-0.3, -0.25) is 0 Å². The van der Waals surface area contributed by atoms with Gasteiger partial charge in [0, 0.05) is 31.6 Å². The van der Waals surface area contributed by atoms with Crippen LogP contribution in [0.5, 0.6) is 0 Å². The highest BCUT2D eigenvalue weighted by Gasteiger charge is 2.34. The first kappa shape index (κ1) is 21.8. The molecule has 0 fully saturated rings. The molecule has 0 unspecified atom stereocenters. The third kappa shape index (κ3) is 2.90. The van der Waals surface area contributed by atoms with E-state index >= 15 is 0 Å². The standard InChI is InChI=1S/C36H27NS/c1-38(2)33-15-9-7-13-29(33)31-23-19-26-18-22-30-28-12-6-8-14-32(28)37(35(30)34(26)36(31)38)27-20-16-25(17-21-27)24-10-4-3-5-11-24/h3-23H,1-2H3. The van der Waals surface area contributed by atoms with Gasteiger partial charge in [0.25, 0.3) is 0 Å². The van der Waals surface area contributed by atoms with Crippen LogP contribution in [0, 0.1) is 0 Å². The summed E-state index contributed by atoms with van der Waals surface area (Å²) < 4.78 is 2.50. The fourth-order valence-corrected chi connectivity index (χ4v) is 9.34. The molecule has 1 nitrogen and oxygen atoms in total. The van der Waals surface area contributed by atoms with Crippen molar-refractivity contribution in [3.05, 3.63) is 127 Å². The molecule has 0 atom stereocenters. The van der Waals surface area contributed by atoms with Crippen LogP contribution in [0.2, 0.25) is 0 Å². The van der Waals surface area contributed by atoms with Gasteiger partial charge in [-0.25, -0.2) is 0 Å². The van der Waals surface area contributed by atoms with Gasteiger partial charge >= 0.3 is 0 Å². The number of hydrogen-bond acceptors (Lipinski definition) is 0. The first-order valence-corrected chi connectivity index (χ1v) is 15.6. The molecular formula is C36H27NS. The fourth-order valence-electron chi connectivity index (χ4n) is 6.52. The Kier molecular flexibility index (Phi) is 4.51. The first-order chi connectivity index (χ1) is 18.6. The van der Waals surface area contributed by atoms with E-state index in [-0.39, 0.29) is 0 Å². The maximum atomic E-state index is 2.50. The molecule has 0 N–H and O–H groups in total. The molecular weight excluding hydrogens is 478 g/mol. The minimum Gasteiger partial charge on any atom is -0.309 e. The normalized spacial score (nSPS) is 14.6. The molecule has 38 heavy (non-hydrogen) atoms. The van der Waals surface area contributed by atoms with Crippen LogP contribution in [0.4, 0.5) is 0 Å². The number of fused-ring (bicyclic) bond motifs is 9. The van der Waals surface area contributed by atoms with E-state index in [4.69, 9.17) is 0 Å². The number of aromatic nitrogens is 1. The summed E-state index contributed by atoms with van der Waals surface area (Å²) in [6.07, 6.45) is 4.94. The number of benzene rings is 6. The Morgan fingerprint density at radius 1 is 0.526 bits per heavy atom. The summed E-state index contributed by atoms with van der Waals surface area (Å²) in [5.74, 6) is 0. The van der Waals surface area contributed by atoms with E-state index in [0.717, 1.165) is 0 Å². The summed E-state index contributed by atoms with van der Waals surface area (Å²) in [4.78, 5) is 3.01. The van der Waals surface area contributed by atoms with Gasteiger partial charge in [0.1, 0.15) is 0 Å². The fraction of sp³-hybridized carbons (Fsp3) is 0.0556. The molecule has 2 heterocycles. The van der Waals surface area contributed by atoms with Gasteiger partial charge in [0.05, 0.1) is 11.0 Å². The molecule has 0 aliphatic carbocycles. The molecule has 1 aliphatic rings. The second-order valence-corrected chi connectivity index (χ2v) is 14.1. The summed E-state index contributed by atoms with van der Waals surface area (Å²) in [5.41, 5.74) is 9.05. The van der Waals surface area contributed by atoms with Crippen molar-refractivity contribution in [2.45, 2.75) is 9.79 Å². The predicted molar refractivity (Wildman–Crippen MR) is 165 cm³/mol. The Morgan fingerprint density at radius 3 is 2.05 bits per heavy atom. The van der Waals surface area contributed by atoms with Crippen molar-refractivity contribution in [1.82, 2.24) is 4.57 Å². The first-order valence-electron chi connectivity index (χ1n) is 13.1. The van der Waals surface area contributed by atoms with E-state index in [1.54, 1.807) is 0 Å². The van der Waals surface area contributed by atoms with E-state index in [0.29, 0.717) is 0 Å². The van der Waals surface area contributed by atoms with Crippen molar-refractivity contribution >= 4 is 42.6 Å². The number of para-hydroxylation sites is 1. The van der Waals surface area contributed by atoms with E-state index < -0.39 is 10.0 Å². The third-order valence-corrected chi connectivity index (χ3v) is 11.1. The van der Waals surface area contributed by atoms with Gasteiger partial charge in [-0.15, -0.1) is 0 Å². The van der Waals surface area contributed by atoms with Crippen molar-refractivity contribution in [2.75, 3.05) is 12.5 Å². The van der Waals surface area contributed by atoms with Crippen LogP contribution < -0.4 is 0 Å². The number of nitrogens with zero attached hydrogens (tertiary/aromatic N) is 1. The lowest BCUT2D eigenvalue weighted by Gasteiger charge is -2.29. The average Bonchev–Trinajstić information content (AvgIpc) is 3.43. The quantitative estimate of drug-likeness (QED) is 0.220. The highest BCUT2D eigenvalue weighted by Crippen LogP contribution is 2.69. The van der Waals surface area contributed by atoms with Gasteiger partial charge in [-0.1, -0.05) is 103 Å². The molecule has 0 saturated heterocycles. The highest BCUT2D eigenvalue weighted by molar-refractivity contribution is 8.33. The Balaban J connectivity index is 1.50. The van der Waals surface area contributed by atoms with Crippen LogP contribution in [0.15, 0.2) is 137 Å². The van der Waals surface area contributed by atoms with Crippen LogP contribution in [0.25, 0.3) is 60.5 Å². The monoisotopic (exact) mass is 505 g/mol. The van der Waals surface area contributed by atoms with Crippen molar-refractivity contribution in [3.8, 4) is 27.9 Å². The summed E-state index contributed by atoms with van der Waals surface area (Å²) >= 11 is 0. The minimum atomic E-state index is -1.18. The molecule has 0 bridgehead atoms. The van der Waals surface area contributed by atoms with Crippen LogP contribution in [-0.4, -0.2) is 17.1 Å². The zero-order valence-electron chi connectivity index (χ0n) is 21.5. The SMILES string of the molecule is CS1(C)c2ccccc2-c2ccc3ccc4c5ccccc5n(-c5ccc(-c6ccccc6)cc5)c4c3c21. The second-order valence-electron chi connectivity index (χ2n) is 10.6. The van der Waals surface area contributed by atoms with Crippen molar-refractivity contribution in [3.63, 3.8) is 0 Å². The highest BCUT2D eigenvalue weighted by atomic mass is 32.3. The molecule has 2 heteroatoms. The minimum absolute atomic E-state index is 1.18. The van der Waals surface area contributed by atoms with E-state index in [1.807, 2.05) is 0 Å². The van der Waals surface area contributed by atoms with Gasteiger partial charge in [-0.05, 0) is 64.4 Å². The second kappa shape index (κ2) is 7.86. The summed E-state index contributed by atoms with van der Waals surface area (Å²) in [6.45, 7) is 0. The van der Waals surface area contributed by atoms with Gasteiger partial charge < -0.3 is 4.57 Å². The van der Waals surface area contributed by atoms with Crippen molar-refractivity contribution < 1.29 is 0 Å². The lowest BCUT2D eigenvalue weighted by molar-refractivity contribution is 1.18. The molecule has 0 saturated carbocycles. The molecule has 1 aromatic heterocycles. The van der Waals surface area contributed by atoms with Gasteiger partial charge in [-0.2, -0.15) is 10.0 Å². The van der Waals surface area contributed by atoms with Crippen molar-refractivity contribution in [2.24, 2.45) is 0 Å². The smallest absolute Gasteiger partial charge is 0.0630 e. The van der Waals surface area contributed by atoms with E-state index in [1.165, 1.54) is 70.3 Å². The molecule has 7 aromatic rings. The summed E-state index contributed by atoms with van der Waals surface area (Å²) in [6, 6.07) is 46.9. The average molecular weight is 506 g/mol. The largest absolute Gasteiger partial charge is 0.309 e. The van der Waals surface area contributed by atoms with Crippen LogP contribution in [-0.2, 0) is 0 Å². The predicted octanol–water partition coefficient (Wildman–Crippen LogP) is 10.1. The molecule has 182 valence electrons. The third-order valence-electron chi connectivity index (χ3n) is 8.24. The number of hydrogen-bond donors (Lipinski definition) is 0. The molecule has 0 amide bonds. The molecule has 0 radical (unpaired) electrons. The summed E-state index contributed by atoms with van der Waals surface area (Å²) in [5, 5.41) is 5.34. The topological polar surface area (TPSA) is 4.93 Å². The van der Waals surface area contributed by atoms with Gasteiger partial charge in [0.2, 0.25) is 0 Å². The molecule has 8 rings (SSSR count). The molecule has 6 aromatic carbocycles. The Morgan fingerprint density at radius 2 is 1.21 bits per heavy atom. The van der Waals surface area contributed by atoms with Gasteiger partial charge in [0.15, 0.2) is 0 Å². The van der Waals surface area contributed by atoms with Crippen LogP contribution in [0.3, 0.4) is 0 Å². The van der Waals surface area contributed by atoms with Crippen LogP contribution in [0.1, 0.15) is 0 Å².